The number of carbonyl (C=O) groups excluding carboxylic acids is 1. The minimum atomic E-state index is -0.237. The van der Waals surface area contributed by atoms with E-state index in [2.05, 4.69) is 13.0 Å². The fourth-order valence-electron chi connectivity index (χ4n) is 1.70. The van der Waals surface area contributed by atoms with E-state index in [1.54, 1.807) is 12.1 Å². The Morgan fingerprint density at radius 2 is 2.00 bits per heavy atom. The van der Waals surface area contributed by atoms with Gasteiger partial charge in [0.05, 0.1) is 5.56 Å². The van der Waals surface area contributed by atoms with Crippen LogP contribution in [0.1, 0.15) is 23.7 Å². The molecule has 0 saturated heterocycles. The SMILES string of the molecule is C[C@H]1C=C[C@H](OC(=O)c2ccccc2)C1. The maximum atomic E-state index is 11.7. The van der Waals surface area contributed by atoms with Crippen LogP contribution in [0.5, 0.6) is 0 Å². The van der Waals surface area contributed by atoms with Gasteiger partial charge in [-0.25, -0.2) is 4.79 Å². The fourth-order valence-corrected chi connectivity index (χ4v) is 1.70. The molecule has 2 heteroatoms. The van der Waals surface area contributed by atoms with Crippen molar-refractivity contribution >= 4 is 5.97 Å². The largest absolute Gasteiger partial charge is 0.455 e. The van der Waals surface area contributed by atoms with E-state index < -0.39 is 0 Å². The zero-order chi connectivity index (χ0) is 10.7. The van der Waals surface area contributed by atoms with Gasteiger partial charge in [-0.3, -0.25) is 0 Å². The van der Waals surface area contributed by atoms with Crippen LogP contribution >= 0.6 is 0 Å². The molecule has 0 N–H and O–H groups in total. The van der Waals surface area contributed by atoms with Crippen molar-refractivity contribution in [3.8, 4) is 0 Å². The lowest BCUT2D eigenvalue weighted by Crippen LogP contribution is -2.14. The van der Waals surface area contributed by atoms with Crippen LogP contribution in [0.15, 0.2) is 42.5 Å². The highest BCUT2D eigenvalue weighted by molar-refractivity contribution is 5.89. The number of benzene rings is 1. The normalized spacial score (nSPS) is 24.1. The van der Waals surface area contributed by atoms with Crippen molar-refractivity contribution in [3.05, 3.63) is 48.0 Å². The monoisotopic (exact) mass is 202 g/mol. The number of allylic oxidation sites excluding steroid dienone is 1. The minimum Gasteiger partial charge on any atom is -0.455 e. The molecule has 0 amide bonds. The third-order valence-corrected chi connectivity index (χ3v) is 2.53. The molecule has 2 nitrogen and oxygen atoms in total. The van der Waals surface area contributed by atoms with Crippen molar-refractivity contribution in [1.82, 2.24) is 0 Å². The maximum absolute atomic E-state index is 11.7. The number of ether oxygens (including phenoxy) is 1. The van der Waals surface area contributed by atoms with Crippen molar-refractivity contribution in [2.75, 3.05) is 0 Å². The predicted octanol–water partition coefficient (Wildman–Crippen LogP) is 2.81. The summed E-state index contributed by atoms with van der Waals surface area (Å²) in [5.41, 5.74) is 0.616. The lowest BCUT2D eigenvalue weighted by Gasteiger charge is -2.11. The molecule has 0 radical (unpaired) electrons. The quantitative estimate of drug-likeness (QED) is 0.544. The summed E-state index contributed by atoms with van der Waals surface area (Å²) in [5.74, 6) is 0.276. The minimum absolute atomic E-state index is 0.0484. The Labute approximate surface area is 89.6 Å². The highest BCUT2D eigenvalue weighted by atomic mass is 16.5. The van der Waals surface area contributed by atoms with Gasteiger partial charge in [0.15, 0.2) is 0 Å². The molecule has 2 rings (SSSR count). The second kappa shape index (κ2) is 4.30. The molecule has 1 aromatic rings. The van der Waals surface area contributed by atoms with Crippen molar-refractivity contribution in [2.24, 2.45) is 5.92 Å². The first-order chi connectivity index (χ1) is 7.25. The molecule has 0 aromatic heterocycles. The Bertz CT molecular complexity index is 367. The highest BCUT2D eigenvalue weighted by Gasteiger charge is 2.19. The van der Waals surface area contributed by atoms with Gasteiger partial charge in [0, 0.05) is 0 Å². The Balaban J connectivity index is 1.96. The zero-order valence-electron chi connectivity index (χ0n) is 8.72. The van der Waals surface area contributed by atoms with Crippen molar-refractivity contribution < 1.29 is 9.53 Å². The maximum Gasteiger partial charge on any atom is 0.338 e. The molecule has 0 unspecified atom stereocenters. The summed E-state index contributed by atoms with van der Waals surface area (Å²) in [6, 6.07) is 9.09. The average molecular weight is 202 g/mol. The van der Waals surface area contributed by atoms with E-state index in [0.717, 1.165) is 6.42 Å². The number of hydrogen-bond donors (Lipinski definition) is 0. The van der Waals surface area contributed by atoms with E-state index in [1.165, 1.54) is 0 Å². The van der Waals surface area contributed by atoms with E-state index in [-0.39, 0.29) is 12.1 Å². The Morgan fingerprint density at radius 3 is 2.60 bits per heavy atom. The third kappa shape index (κ3) is 2.46. The molecule has 0 fully saturated rings. The summed E-state index contributed by atoms with van der Waals surface area (Å²) >= 11 is 0. The second-order valence-electron chi connectivity index (χ2n) is 3.91. The molecular weight excluding hydrogens is 188 g/mol. The molecule has 78 valence electrons. The van der Waals surface area contributed by atoms with Crippen LogP contribution in [-0.4, -0.2) is 12.1 Å². The molecule has 0 saturated carbocycles. The van der Waals surface area contributed by atoms with Gasteiger partial charge < -0.3 is 4.74 Å². The summed E-state index contributed by atoms with van der Waals surface area (Å²) in [6.45, 7) is 2.12. The van der Waals surface area contributed by atoms with Gasteiger partial charge in [-0.15, -0.1) is 0 Å². The molecule has 1 aliphatic carbocycles. The first kappa shape index (κ1) is 9.97. The van der Waals surface area contributed by atoms with E-state index in [1.807, 2.05) is 24.3 Å². The van der Waals surface area contributed by atoms with E-state index >= 15 is 0 Å². The van der Waals surface area contributed by atoms with Crippen LogP contribution in [0.3, 0.4) is 0 Å². The van der Waals surface area contributed by atoms with E-state index in [4.69, 9.17) is 4.74 Å². The number of hydrogen-bond acceptors (Lipinski definition) is 2. The molecule has 15 heavy (non-hydrogen) atoms. The summed E-state index contributed by atoms with van der Waals surface area (Å²) in [5, 5.41) is 0. The molecular formula is C13H14O2. The lowest BCUT2D eigenvalue weighted by atomic mass is 10.1. The second-order valence-corrected chi connectivity index (χ2v) is 3.91. The van der Waals surface area contributed by atoms with Gasteiger partial charge in [0.2, 0.25) is 0 Å². The molecule has 0 spiro atoms. The molecule has 1 aliphatic rings. The molecule has 2 atom stereocenters. The van der Waals surface area contributed by atoms with Gasteiger partial charge in [0.1, 0.15) is 6.10 Å². The average Bonchev–Trinajstić information content (AvgIpc) is 2.65. The van der Waals surface area contributed by atoms with Crippen molar-refractivity contribution in [1.29, 1.82) is 0 Å². The van der Waals surface area contributed by atoms with Gasteiger partial charge in [0.25, 0.3) is 0 Å². The van der Waals surface area contributed by atoms with Crippen LogP contribution < -0.4 is 0 Å². The molecule has 0 bridgehead atoms. The van der Waals surface area contributed by atoms with Crippen molar-refractivity contribution in [2.45, 2.75) is 19.4 Å². The Morgan fingerprint density at radius 1 is 1.27 bits per heavy atom. The topological polar surface area (TPSA) is 26.3 Å². The van der Waals surface area contributed by atoms with Crippen LogP contribution in [0.2, 0.25) is 0 Å². The van der Waals surface area contributed by atoms with Gasteiger partial charge in [-0.1, -0.05) is 31.2 Å². The number of rotatable bonds is 2. The summed E-state index contributed by atoms with van der Waals surface area (Å²) in [7, 11) is 0. The van der Waals surface area contributed by atoms with Gasteiger partial charge >= 0.3 is 5.97 Å². The first-order valence-electron chi connectivity index (χ1n) is 5.20. The number of carbonyl (C=O) groups is 1. The lowest BCUT2D eigenvalue weighted by molar-refractivity contribution is 0.0383. The zero-order valence-corrected chi connectivity index (χ0v) is 8.72. The van der Waals surface area contributed by atoms with Crippen molar-refractivity contribution in [3.63, 3.8) is 0 Å². The predicted molar refractivity (Wildman–Crippen MR) is 58.6 cm³/mol. The molecule has 1 aromatic carbocycles. The van der Waals surface area contributed by atoms with E-state index in [9.17, 15) is 4.79 Å². The van der Waals surface area contributed by atoms with Gasteiger partial charge in [-0.2, -0.15) is 0 Å². The Kier molecular flexibility index (Phi) is 2.86. The van der Waals surface area contributed by atoms with Crippen LogP contribution in [0.4, 0.5) is 0 Å². The van der Waals surface area contributed by atoms with Crippen LogP contribution in [0.25, 0.3) is 0 Å². The fraction of sp³-hybridized carbons (Fsp3) is 0.308. The standard InChI is InChI=1S/C13H14O2/c1-10-7-8-12(9-10)15-13(14)11-5-3-2-4-6-11/h2-8,10,12H,9H2,1H3/t10-,12-/m0/s1. The van der Waals surface area contributed by atoms with Crippen LogP contribution in [-0.2, 0) is 4.74 Å². The number of esters is 1. The Hall–Kier alpha value is -1.57. The van der Waals surface area contributed by atoms with Gasteiger partial charge in [-0.05, 0) is 30.5 Å². The molecule has 0 aliphatic heterocycles. The smallest absolute Gasteiger partial charge is 0.338 e. The first-order valence-corrected chi connectivity index (χ1v) is 5.20. The highest BCUT2D eigenvalue weighted by Crippen LogP contribution is 2.20. The summed E-state index contributed by atoms with van der Waals surface area (Å²) < 4.78 is 5.34. The summed E-state index contributed by atoms with van der Waals surface area (Å²) in [4.78, 5) is 11.7. The van der Waals surface area contributed by atoms with E-state index in [0.29, 0.717) is 11.5 Å². The summed E-state index contributed by atoms with van der Waals surface area (Å²) in [6.07, 6.45) is 4.90. The molecule has 0 heterocycles. The van der Waals surface area contributed by atoms with Crippen LogP contribution in [0, 0.1) is 5.92 Å². The third-order valence-electron chi connectivity index (χ3n) is 2.53.